The predicted octanol–water partition coefficient (Wildman–Crippen LogP) is 3.21. The molecule has 7 nitrogen and oxygen atoms in total. The summed E-state index contributed by atoms with van der Waals surface area (Å²) in [6.07, 6.45) is 0.735. The van der Waals surface area contributed by atoms with Crippen molar-refractivity contribution in [3.05, 3.63) is 69.5 Å². The minimum Gasteiger partial charge on any atom is -0.378 e. The number of carbonyl (C=O) groups is 1. The Hall–Kier alpha value is -2.97. The molecule has 1 fully saturated rings. The van der Waals surface area contributed by atoms with E-state index < -0.39 is 0 Å². The number of nitrogens with zero attached hydrogens (tertiary/aromatic N) is 5. The van der Waals surface area contributed by atoms with Gasteiger partial charge in [-0.05, 0) is 17.0 Å². The second-order valence-corrected chi connectivity index (χ2v) is 9.12. The van der Waals surface area contributed by atoms with Crippen molar-refractivity contribution in [3.63, 3.8) is 0 Å². The summed E-state index contributed by atoms with van der Waals surface area (Å²) in [5.74, 6) is 1.76. The summed E-state index contributed by atoms with van der Waals surface area (Å²) < 4.78 is 5.57. The highest BCUT2D eigenvalue weighted by Gasteiger charge is 2.29. The van der Waals surface area contributed by atoms with Gasteiger partial charge in [0.2, 0.25) is 5.95 Å². The highest BCUT2D eigenvalue weighted by molar-refractivity contribution is 7.12. The van der Waals surface area contributed by atoms with Crippen molar-refractivity contribution in [3.8, 4) is 0 Å². The zero-order valence-electron chi connectivity index (χ0n) is 18.2. The number of hydrogen-bond donors (Lipinski definition) is 0. The monoisotopic (exact) mass is 449 g/mol. The fourth-order valence-electron chi connectivity index (χ4n) is 4.25. The van der Waals surface area contributed by atoms with Crippen molar-refractivity contribution in [1.82, 2.24) is 14.9 Å². The van der Waals surface area contributed by atoms with Gasteiger partial charge < -0.3 is 19.4 Å². The van der Waals surface area contributed by atoms with Gasteiger partial charge in [0.05, 0.1) is 30.3 Å². The van der Waals surface area contributed by atoms with Gasteiger partial charge >= 0.3 is 0 Å². The van der Waals surface area contributed by atoms with E-state index >= 15 is 0 Å². The lowest BCUT2D eigenvalue weighted by Crippen LogP contribution is -2.41. The molecule has 2 aromatic heterocycles. The van der Waals surface area contributed by atoms with E-state index in [4.69, 9.17) is 14.7 Å². The van der Waals surface area contributed by atoms with E-state index in [9.17, 15) is 4.79 Å². The Kier molecular flexibility index (Phi) is 6.05. The van der Waals surface area contributed by atoms with E-state index in [1.54, 1.807) is 0 Å². The average molecular weight is 450 g/mol. The van der Waals surface area contributed by atoms with Crippen molar-refractivity contribution in [2.24, 2.45) is 0 Å². The number of ether oxygens (including phenoxy) is 1. The van der Waals surface area contributed by atoms with Gasteiger partial charge in [0, 0.05) is 45.2 Å². The molecule has 0 unspecified atom stereocenters. The first-order valence-corrected chi connectivity index (χ1v) is 11.9. The van der Waals surface area contributed by atoms with Crippen LogP contribution < -0.4 is 9.80 Å². The largest absolute Gasteiger partial charge is 0.378 e. The Morgan fingerprint density at radius 2 is 1.91 bits per heavy atom. The first-order valence-electron chi connectivity index (χ1n) is 11.0. The molecule has 3 aromatic rings. The van der Waals surface area contributed by atoms with Crippen molar-refractivity contribution < 1.29 is 9.53 Å². The van der Waals surface area contributed by atoms with Gasteiger partial charge in [-0.2, -0.15) is 4.98 Å². The summed E-state index contributed by atoms with van der Waals surface area (Å²) >= 11 is 1.49. The van der Waals surface area contributed by atoms with E-state index in [2.05, 4.69) is 34.1 Å². The zero-order chi connectivity index (χ0) is 21.9. The standard InChI is InChI=1S/C24H27N5O2S/c1-27(16-18-6-3-2-4-7-18)24-25-20-9-10-29(23(30)21-8-5-15-32-21)17-19(20)22(26-24)28-11-13-31-14-12-28/h2-8,15H,9-14,16-17H2,1H3. The Balaban J connectivity index is 1.46. The third-order valence-electron chi connectivity index (χ3n) is 5.96. The van der Waals surface area contributed by atoms with E-state index in [1.807, 2.05) is 35.5 Å². The lowest BCUT2D eigenvalue weighted by atomic mass is 10.0. The maximum Gasteiger partial charge on any atom is 0.264 e. The fraction of sp³-hybridized carbons (Fsp3) is 0.375. The molecule has 32 heavy (non-hydrogen) atoms. The number of thiophene rings is 1. The second kappa shape index (κ2) is 9.26. The number of amides is 1. The molecular formula is C24H27N5O2S. The molecule has 0 N–H and O–H groups in total. The molecular weight excluding hydrogens is 422 g/mol. The van der Waals surface area contributed by atoms with Gasteiger partial charge in [-0.15, -0.1) is 11.3 Å². The predicted molar refractivity (Wildman–Crippen MR) is 126 cm³/mol. The molecule has 1 aromatic carbocycles. The zero-order valence-corrected chi connectivity index (χ0v) is 19.1. The van der Waals surface area contributed by atoms with E-state index in [0.717, 1.165) is 54.0 Å². The van der Waals surface area contributed by atoms with Gasteiger partial charge in [0.1, 0.15) is 5.82 Å². The van der Waals surface area contributed by atoms with Gasteiger partial charge in [0.25, 0.3) is 5.91 Å². The molecule has 1 amide bonds. The van der Waals surface area contributed by atoms with E-state index in [1.165, 1.54) is 16.9 Å². The van der Waals surface area contributed by atoms with Crippen molar-refractivity contribution >= 4 is 29.0 Å². The first-order chi connectivity index (χ1) is 15.7. The van der Waals surface area contributed by atoms with Crippen LogP contribution in [0.1, 0.15) is 26.5 Å². The van der Waals surface area contributed by atoms with E-state index in [0.29, 0.717) is 26.3 Å². The van der Waals surface area contributed by atoms with Crippen LogP contribution >= 0.6 is 11.3 Å². The van der Waals surface area contributed by atoms with Crippen LogP contribution in [0.15, 0.2) is 47.8 Å². The molecule has 0 bridgehead atoms. The number of hydrogen-bond acceptors (Lipinski definition) is 7. The fourth-order valence-corrected chi connectivity index (χ4v) is 4.94. The highest BCUT2D eigenvalue weighted by atomic mass is 32.1. The summed E-state index contributed by atoms with van der Waals surface area (Å²) in [4.78, 5) is 30.0. The third-order valence-corrected chi connectivity index (χ3v) is 6.82. The molecule has 1 saturated heterocycles. The smallest absolute Gasteiger partial charge is 0.264 e. The second-order valence-electron chi connectivity index (χ2n) is 8.17. The number of fused-ring (bicyclic) bond motifs is 1. The molecule has 4 heterocycles. The Morgan fingerprint density at radius 1 is 1.09 bits per heavy atom. The van der Waals surface area contributed by atoms with Gasteiger partial charge in [-0.3, -0.25) is 4.79 Å². The minimum atomic E-state index is 0.0869. The van der Waals surface area contributed by atoms with Gasteiger partial charge in [-0.1, -0.05) is 36.4 Å². The number of aromatic nitrogens is 2. The number of rotatable bonds is 5. The topological polar surface area (TPSA) is 61.8 Å². The molecule has 0 atom stereocenters. The van der Waals surface area contributed by atoms with Crippen LogP contribution in [0.2, 0.25) is 0 Å². The maximum absolute atomic E-state index is 13.0. The molecule has 8 heteroatoms. The van der Waals surface area contributed by atoms with Gasteiger partial charge in [0.15, 0.2) is 0 Å². The van der Waals surface area contributed by atoms with Crippen LogP contribution in [0.5, 0.6) is 0 Å². The quantitative estimate of drug-likeness (QED) is 0.596. The van der Waals surface area contributed by atoms with Crippen molar-refractivity contribution in [2.75, 3.05) is 49.7 Å². The SMILES string of the molecule is CN(Cc1ccccc1)c1nc2c(c(N3CCOCC3)n1)CN(C(=O)c1cccs1)CC2. The van der Waals surface area contributed by atoms with Crippen LogP contribution in [0.25, 0.3) is 0 Å². The Morgan fingerprint density at radius 3 is 2.66 bits per heavy atom. The summed E-state index contributed by atoms with van der Waals surface area (Å²) in [6.45, 7) is 4.92. The van der Waals surface area contributed by atoms with Crippen LogP contribution in [0, 0.1) is 0 Å². The number of morpholine rings is 1. The first kappa shape index (κ1) is 20.9. The Labute approximate surface area is 192 Å². The lowest BCUT2D eigenvalue weighted by Gasteiger charge is -2.35. The van der Waals surface area contributed by atoms with Crippen LogP contribution in [0.4, 0.5) is 11.8 Å². The van der Waals surface area contributed by atoms with Crippen LogP contribution in [-0.4, -0.2) is 60.7 Å². The van der Waals surface area contributed by atoms with Crippen molar-refractivity contribution in [2.45, 2.75) is 19.5 Å². The Bertz CT molecular complexity index is 1070. The number of carbonyl (C=O) groups excluding carboxylic acids is 1. The highest BCUT2D eigenvalue weighted by Crippen LogP contribution is 2.30. The molecule has 166 valence electrons. The number of benzene rings is 1. The number of anilines is 2. The summed E-state index contributed by atoms with van der Waals surface area (Å²) in [5, 5.41) is 1.95. The van der Waals surface area contributed by atoms with Crippen LogP contribution in [-0.2, 0) is 24.2 Å². The lowest BCUT2D eigenvalue weighted by molar-refractivity contribution is 0.0738. The van der Waals surface area contributed by atoms with Gasteiger partial charge in [-0.25, -0.2) is 4.98 Å². The molecule has 0 saturated carbocycles. The summed E-state index contributed by atoms with van der Waals surface area (Å²) in [7, 11) is 2.03. The molecule has 0 radical (unpaired) electrons. The van der Waals surface area contributed by atoms with Crippen LogP contribution in [0.3, 0.4) is 0 Å². The molecule has 5 rings (SSSR count). The average Bonchev–Trinajstić information content (AvgIpc) is 3.39. The maximum atomic E-state index is 13.0. The molecule has 0 spiro atoms. The summed E-state index contributed by atoms with van der Waals surface area (Å²) in [5.41, 5.74) is 3.34. The molecule has 0 aliphatic carbocycles. The molecule has 2 aliphatic heterocycles. The normalized spacial score (nSPS) is 16.0. The third kappa shape index (κ3) is 4.33. The van der Waals surface area contributed by atoms with E-state index in [-0.39, 0.29) is 5.91 Å². The summed E-state index contributed by atoms with van der Waals surface area (Å²) in [6, 6.07) is 14.2. The molecule has 2 aliphatic rings. The minimum absolute atomic E-state index is 0.0869. The van der Waals surface area contributed by atoms with Crippen molar-refractivity contribution in [1.29, 1.82) is 0 Å².